The highest BCUT2D eigenvalue weighted by atomic mass is 16.1. The van der Waals surface area contributed by atoms with E-state index in [4.69, 9.17) is 4.98 Å². The summed E-state index contributed by atoms with van der Waals surface area (Å²) >= 11 is 0. The van der Waals surface area contributed by atoms with Crippen molar-refractivity contribution < 1.29 is 4.79 Å². The number of Topliss-reactive ketones (excluding diaryl/α,β-unsaturated/α-hetero) is 1. The Morgan fingerprint density at radius 1 is 1.04 bits per heavy atom. The van der Waals surface area contributed by atoms with Crippen LogP contribution < -0.4 is 0 Å². The fraction of sp³-hybridized carbons (Fsp3) is 0.217. The summed E-state index contributed by atoms with van der Waals surface area (Å²) in [6, 6.07) is 16.7. The van der Waals surface area contributed by atoms with E-state index in [1.165, 1.54) is 11.1 Å². The van der Waals surface area contributed by atoms with E-state index in [0.717, 1.165) is 45.9 Å². The molecule has 2 aromatic carbocycles. The number of imidazole rings is 1. The van der Waals surface area contributed by atoms with E-state index < -0.39 is 0 Å². The summed E-state index contributed by atoms with van der Waals surface area (Å²) in [5.41, 5.74) is 8.04. The SMILES string of the molecule is CC(=O)c1c(C)[nH]c(-c2nc3ccccc3n2Cc2ccc(C)cc2)c1C. The Morgan fingerprint density at radius 3 is 2.41 bits per heavy atom. The lowest BCUT2D eigenvalue weighted by atomic mass is 10.1. The fourth-order valence-corrected chi connectivity index (χ4v) is 3.80. The molecule has 4 aromatic rings. The quantitative estimate of drug-likeness (QED) is 0.510. The lowest BCUT2D eigenvalue weighted by Gasteiger charge is -2.10. The van der Waals surface area contributed by atoms with Gasteiger partial charge in [-0.25, -0.2) is 4.98 Å². The number of carbonyl (C=O) groups excluding carboxylic acids is 1. The third kappa shape index (κ3) is 2.97. The second-order valence-electron chi connectivity index (χ2n) is 7.18. The predicted octanol–water partition coefficient (Wildman–Crippen LogP) is 5.21. The van der Waals surface area contributed by atoms with Gasteiger partial charge in [-0.2, -0.15) is 0 Å². The van der Waals surface area contributed by atoms with Crippen LogP contribution in [0.1, 0.15) is 39.7 Å². The Labute approximate surface area is 158 Å². The first-order valence-corrected chi connectivity index (χ1v) is 9.17. The molecule has 0 saturated carbocycles. The normalized spacial score (nSPS) is 11.3. The molecular weight excluding hydrogens is 334 g/mol. The first-order chi connectivity index (χ1) is 13.0. The molecule has 2 heterocycles. The van der Waals surface area contributed by atoms with Gasteiger partial charge in [-0.05, 0) is 51.0 Å². The third-order valence-electron chi connectivity index (χ3n) is 5.13. The summed E-state index contributed by atoms with van der Waals surface area (Å²) in [5.74, 6) is 0.943. The molecule has 4 heteroatoms. The number of aromatic amines is 1. The molecule has 0 spiro atoms. The molecule has 4 rings (SSSR count). The van der Waals surface area contributed by atoms with Crippen molar-refractivity contribution in [3.8, 4) is 11.5 Å². The molecule has 0 fully saturated rings. The predicted molar refractivity (Wildman–Crippen MR) is 109 cm³/mol. The molecule has 0 atom stereocenters. The number of nitrogens with zero attached hydrogens (tertiary/aromatic N) is 2. The van der Waals surface area contributed by atoms with Gasteiger partial charge < -0.3 is 9.55 Å². The van der Waals surface area contributed by atoms with Gasteiger partial charge in [-0.3, -0.25) is 4.79 Å². The lowest BCUT2D eigenvalue weighted by Crippen LogP contribution is -2.03. The molecule has 2 aromatic heterocycles. The van der Waals surface area contributed by atoms with Crippen molar-refractivity contribution in [3.63, 3.8) is 0 Å². The minimum atomic E-state index is 0.0775. The summed E-state index contributed by atoms with van der Waals surface area (Å²) in [6.45, 7) is 8.37. The van der Waals surface area contributed by atoms with E-state index in [0.29, 0.717) is 0 Å². The number of aromatic nitrogens is 3. The van der Waals surface area contributed by atoms with Crippen molar-refractivity contribution in [1.29, 1.82) is 0 Å². The van der Waals surface area contributed by atoms with Gasteiger partial charge >= 0.3 is 0 Å². The number of carbonyl (C=O) groups is 1. The van der Waals surface area contributed by atoms with E-state index in [1.807, 2.05) is 32.0 Å². The van der Waals surface area contributed by atoms with Crippen LogP contribution in [0.4, 0.5) is 0 Å². The molecule has 4 nitrogen and oxygen atoms in total. The first-order valence-electron chi connectivity index (χ1n) is 9.17. The third-order valence-corrected chi connectivity index (χ3v) is 5.13. The van der Waals surface area contributed by atoms with Gasteiger partial charge in [0, 0.05) is 17.8 Å². The van der Waals surface area contributed by atoms with E-state index in [-0.39, 0.29) is 5.78 Å². The Morgan fingerprint density at radius 2 is 1.74 bits per heavy atom. The number of hydrogen-bond acceptors (Lipinski definition) is 2. The average molecular weight is 357 g/mol. The van der Waals surface area contributed by atoms with Crippen molar-refractivity contribution >= 4 is 16.8 Å². The number of H-pyrrole nitrogens is 1. The van der Waals surface area contributed by atoms with Gasteiger partial charge in [-0.1, -0.05) is 42.0 Å². The molecule has 0 amide bonds. The Kier molecular flexibility index (Phi) is 4.19. The van der Waals surface area contributed by atoms with Crippen molar-refractivity contribution in [2.75, 3.05) is 0 Å². The second-order valence-corrected chi connectivity index (χ2v) is 7.18. The number of hydrogen-bond donors (Lipinski definition) is 1. The highest BCUT2D eigenvalue weighted by molar-refractivity contribution is 5.98. The molecule has 0 unspecified atom stereocenters. The molecule has 0 radical (unpaired) electrons. The van der Waals surface area contributed by atoms with Crippen LogP contribution in [0, 0.1) is 20.8 Å². The molecule has 27 heavy (non-hydrogen) atoms. The molecule has 0 bridgehead atoms. The maximum absolute atomic E-state index is 12.1. The number of fused-ring (bicyclic) bond motifs is 1. The highest BCUT2D eigenvalue weighted by Crippen LogP contribution is 2.30. The van der Waals surface area contributed by atoms with Gasteiger partial charge in [-0.15, -0.1) is 0 Å². The zero-order chi connectivity index (χ0) is 19.1. The smallest absolute Gasteiger partial charge is 0.161 e. The molecule has 1 N–H and O–H groups in total. The van der Waals surface area contributed by atoms with Crippen LogP contribution in [0.3, 0.4) is 0 Å². The summed E-state index contributed by atoms with van der Waals surface area (Å²) in [4.78, 5) is 20.4. The summed E-state index contributed by atoms with van der Waals surface area (Å²) < 4.78 is 2.22. The Hall–Kier alpha value is -3.14. The highest BCUT2D eigenvalue weighted by Gasteiger charge is 2.21. The minimum Gasteiger partial charge on any atom is -0.355 e. The zero-order valence-corrected chi connectivity index (χ0v) is 16.1. The summed E-state index contributed by atoms with van der Waals surface area (Å²) in [7, 11) is 0. The van der Waals surface area contributed by atoms with Gasteiger partial charge in [0.1, 0.15) is 0 Å². The van der Waals surface area contributed by atoms with Crippen molar-refractivity contribution in [3.05, 3.63) is 76.5 Å². The van der Waals surface area contributed by atoms with Crippen LogP contribution in [0.2, 0.25) is 0 Å². The van der Waals surface area contributed by atoms with E-state index in [9.17, 15) is 4.79 Å². The van der Waals surface area contributed by atoms with Gasteiger partial charge in [0.2, 0.25) is 0 Å². The molecule has 0 aliphatic rings. The maximum Gasteiger partial charge on any atom is 0.161 e. The molecule has 0 aliphatic carbocycles. The summed E-state index contributed by atoms with van der Waals surface area (Å²) in [5, 5.41) is 0. The number of benzene rings is 2. The van der Waals surface area contributed by atoms with Crippen LogP contribution in [0.15, 0.2) is 48.5 Å². The van der Waals surface area contributed by atoms with Gasteiger partial charge in [0.25, 0.3) is 0 Å². The first kappa shape index (κ1) is 17.3. The average Bonchev–Trinajstić information content (AvgIpc) is 3.14. The number of ketones is 1. The topological polar surface area (TPSA) is 50.7 Å². The van der Waals surface area contributed by atoms with Crippen LogP contribution in [0.5, 0.6) is 0 Å². The monoisotopic (exact) mass is 357 g/mol. The second kappa shape index (κ2) is 6.54. The van der Waals surface area contributed by atoms with E-state index >= 15 is 0 Å². The van der Waals surface area contributed by atoms with E-state index in [1.54, 1.807) is 6.92 Å². The number of aryl methyl sites for hydroxylation is 2. The summed E-state index contributed by atoms with van der Waals surface area (Å²) in [6.07, 6.45) is 0. The van der Waals surface area contributed by atoms with Crippen molar-refractivity contribution in [2.45, 2.75) is 34.2 Å². The molecule has 0 aliphatic heterocycles. The molecule has 0 saturated heterocycles. The van der Waals surface area contributed by atoms with Crippen LogP contribution >= 0.6 is 0 Å². The zero-order valence-electron chi connectivity index (χ0n) is 16.1. The number of para-hydroxylation sites is 2. The molecule has 136 valence electrons. The maximum atomic E-state index is 12.1. The van der Waals surface area contributed by atoms with E-state index in [2.05, 4.69) is 46.8 Å². The van der Waals surface area contributed by atoms with Crippen LogP contribution in [0.25, 0.3) is 22.6 Å². The van der Waals surface area contributed by atoms with Gasteiger partial charge in [0.15, 0.2) is 11.6 Å². The fourth-order valence-electron chi connectivity index (χ4n) is 3.80. The minimum absolute atomic E-state index is 0.0775. The molecular formula is C23H23N3O. The Bertz CT molecular complexity index is 1150. The van der Waals surface area contributed by atoms with Crippen molar-refractivity contribution in [2.24, 2.45) is 0 Å². The van der Waals surface area contributed by atoms with Crippen LogP contribution in [-0.2, 0) is 6.54 Å². The standard InChI is InChI=1S/C23H23N3O/c1-14-9-11-18(12-10-14)13-26-20-8-6-5-7-19(20)25-23(26)22-15(2)21(17(4)27)16(3)24-22/h5-12,24H,13H2,1-4H3. The van der Waals surface area contributed by atoms with Crippen LogP contribution in [-0.4, -0.2) is 20.3 Å². The Balaban J connectivity index is 1.92. The lowest BCUT2D eigenvalue weighted by molar-refractivity contribution is 0.101. The number of nitrogens with one attached hydrogen (secondary N) is 1. The van der Waals surface area contributed by atoms with Gasteiger partial charge in [0.05, 0.1) is 16.7 Å². The largest absolute Gasteiger partial charge is 0.355 e. The number of rotatable bonds is 4. The van der Waals surface area contributed by atoms with Crippen molar-refractivity contribution in [1.82, 2.24) is 14.5 Å².